The fourth-order valence-electron chi connectivity index (χ4n) is 2.37. The minimum absolute atomic E-state index is 0.205. The molecule has 0 amide bonds. The van der Waals surface area contributed by atoms with Gasteiger partial charge in [0.15, 0.2) is 17.7 Å². The van der Waals surface area contributed by atoms with Gasteiger partial charge in [-0.2, -0.15) is 0 Å². The number of hydrogen-bond acceptors (Lipinski definition) is 8. The van der Waals surface area contributed by atoms with E-state index in [-0.39, 0.29) is 12.4 Å². The quantitative estimate of drug-likeness (QED) is 0.383. The topological polar surface area (TPSA) is 168 Å². The molecule has 3 heterocycles. The first kappa shape index (κ1) is 13.5. The maximum absolute atomic E-state index is 10.3. The Labute approximate surface area is 117 Å². The van der Waals surface area contributed by atoms with E-state index in [1.807, 2.05) is 0 Å². The lowest BCUT2D eigenvalue weighted by molar-refractivity contribution is -0.0488. The van der Waals surface area contributed by atoms with Crippen molar-refractivity contribution in [2.24, 2.45) is 5.11 Å². The SMILES string of the molecule is [N-]=[N+]=NC1[C@@H](O)[C@H](n2cnc3c(N)ncnc32)O[C@@H]1CO. The van der Waals surface area contributed by atoms with E-state index in [9.17, 15) is 10.2 Å². The van der Waals surface area contributed by atoms with Crippen LogP contribution in [0.1, 0.15) is 6.23 Å². The van der Waals surface area contributed by atoms with Crippen molar-refractivity contribution in [3.8, 4) is 0 Å². The van der Waals surface area contributed by atoms with Gasteiger partial charge in [0.25, 0.3) is 0 Å². The van der Waals surface area contributed by atoms with Gasteiger partial charge in [-0.15, -0.1) is 0 Å². The second kappa shape index (κ2) is 5.14. The molecule has 1 aliphatic heterocycles. The number of aliphatic hydroxyl groups is 2. The molecule has 21 heavy (non-hydrogen) atoms. The van der Waals surface area contributed by atoms with Gasteiger partial charge in [-0.1, -0.05) is 5.11 Å². The van der Waals surface area contributed by atoms with Crippen LogP contribution in [0.4, 0.5) is 5.82 Å². The third kappa shape index (κ3) is 2.04. The highest BCUT2D eigenvalue weighted by atomic mass is 16.5. The van der Waals surface area contributed by atoms with Gasteiger partial charge < -0.3 is 20.7 Å². The van der Waals surface area contributed by atoms with E-state index >= 15 is 0 Å². The van der Waals surface area contributed by atoms with Crippen LogP contribution in [0.3, 0.4) is 0 Å². The summed E-state index contributed by atoms with van der Waals surface area (Å²) in [5.41, 5.74) is 15.0. The van der Waals surface area contributed by atoms with Gasteiger partial charge in [0.05, 0.1) is 25.1 Å². The Hall–Kier alpha value is -2.46. The first-order valence-corrected chi connectivity index (χ1v) is 6.09. The fraction of sp³-hybridized carbons (Fsp3) is 0.500. The van der Waals surface area contributed by atoms with E-state index in [0.717, 1.165) is 0 Å². The minimum atomic E-state index is -1.15. The molecule has 0 aromatic carbocycles. The molecule has 0 bridgehead atoms. The molecule has 4 N–H and O–H groups in total. The van der Waals surface area contributed by atoms with Crippen molar-refractivity contribution >= 4 is 17.0 Å². The highest BCUT2D eigenvalue weighted by Gasteiger charge is 2.44. The molecule has 1 fully saturated rings. The summed E-state index contributed by atoms with van der Waals surface area (Å²) in [6.07, 6.45) is -0.177. The summed E-state index contributed by atoms with van der Waals surface area (Å²) >= 11 is 0. The number of anilines is 1. The molecular formula is C10H12N8O3. The van der Waals surface area contributed by atoms with Crippen molar-refractivity contribution in [2.45, 2.75) is 24.5 Å². The van der Waals surface area contributed by atoms with Gasteiger partial charge in [0.1, 0.15) is 17.9 Å². The average Bonchev–Trinajstić information content (AvgIpc) is 3.03. The van der Waals surface area contributed by atoms with Gasteiger partial charge in [0, 0.05) is 4.91 Å². The van der Waals surface area contributed by atoms with Crippen LogP contribution >= 0.6 is 0 Å². The summed E-state index contributed by atoms with van der Waals surface area (Å²) < 4.78 is 7.00. The van der Waals surface area contributed by atoms with E-state index in [0.29, 0.717) is 11.2 Å². The Morgan fingerprint density at radius 2 is 2.29 bits per heavy atom. The zero-order valence-corrected chi connectivity index (χ0v) is 10.7. The number of hydrogen-bond donors (Lipinski definition) is 3. The third-order valence-electron chi connectivity index (χ3n) is 3.36. The van der Waals surface area contributed by atoms with E-state index in [2.05, 4.69) is 25.0 Å². The number of fused-ring (bicyclic) bond motifs is 1. The lowest BCUT2D eigenvalue weighted by Crippen LogP contribution is -2.31. The van der Waals surface area contributed by atoms with E-state index in [4.69, 9.17) is 16.0 Å². The van der Waals surface area contributed by atoms with Crippen LogP contribution in [0.5, 0.6) is 0 Å². The van der Waals surface area contributed by atoms with Crippen LogP contribution in [-0.2, 0) is 4.74 Å². The monoisotopic (exact) mass is 292 g/mol. The molecule has 11 heteroatoms. The fourth-order valence-corrected chi connectivity index (χ4v) is 2.37. The standard InChI is InChI=1S/C10H12N8O3/c11-8-6-9(14-2-13-8)18(3-15-6)10-7(20)5(16-17-12)4(1-19)21-10/h2-5,7,10,19-20H,1H2,(H2,11,13,14)/t4-,5?,7-,10-/m1/s1. The summed E-state index contributed by atoms with van der Waals surface area (Å²) in [6, 6.07) is -0.901. The van der Waals surface area contributed by atoms with Gasteiger partial charge in [0.2, 0.25) is 0 Å². The zero-order chi connectivity index (χ0) is 15.0. The van der Waals surface area contributed by atoms with Crippen molar-refractivity contribution in [1.29, 1.82) is 0 Å². The first-order chi connectivity index (χ1) is 10.2. The lowest BCUT2D eigenvalue weighted by Gasteiger charge is -2.16. The van der Waals surface area contributed by atoms with E-state index < -0.39 is 24.5 Å². The number of nitrogens with zero attached hydrogens (tertiary/aromatic N) is 7. The number of aromatic nitrogens is 4. The van der Waals surface area contributed by atoms with Crippen molar-refractivity contribution < 1.29 is 14.9 Å². The highest BCUT2D eigenvalue weighted by Crippen LogP contribution is 2.33. The van der Waals surface area contributed by atoms with Crippen LogP contribution in [0, 0.1) is 0 Å². The Kier molecular flexibility index (Phi) is 3.31. The summed E-state index contributed by atoms with van der Waals surface area (Å²) in [6.45, 7) is -0.388. The largest absolute Gasteiger partial charge is 0.394 e. The Bertz CT molecular complexity index is 711. The molecule has 0 spiro atoms. The first-order valence-electron chi connectivity index (χ1n) is 6.09. The van der Waals surface area contributed by atoms with Crippen LogP contribution in [0.25, 0.3) is 21.6 Å². The highest BCUT2D eigenvalue weighted by molar-refractivity contribution is 5.81. The maximum Gasteiger partial charge on any atom is 0.167 e. The normalized spacial score (nSPS) is 28.7. The summed E-state index contributed by atoms with van der Waals surface area (Å²) in [5.74, 6) is 0.205. The molecule has 0 radical (unpaired) electrons. The molecule has 11 nitrogen and oxygen atoms in total. The Balaban J connectivity index is 2.03. The molecule has 0 saturated carbocycles. The predicted octanol–water partition coefficient (Wildman–Crippen LogP) is -0.662. The summed E-state index contributed by atoms with van der Waals surface area (Å²) in [7, 11) is 0. The van der Waals surface area contributed by atoms with Crippen LogP contribution in [-0.4, -0.2) is 54.6 Å². The van der Waals surface area contributed by atoms with Gasteiger partial charge in [-0.05, 0) is 5.53 Å². The number of azide groups is 1. The molecule has 3 rings (SSSR count). The molecule has 1 saturated heterocycles. The van der Waals surface area contributed by atoms with Crippen molar-refractivity contribution in [2.75, 3.05) is 12.3 Å². The number of nitrogen functional groups attached to an aromatic ring is 1. The molecule has 1 aliphatic rings. The molecule has 2 aromatic heterocycles. The molecule has 0 aliphatic carbocycles. The van der Waals surface area contributed by atoms with Crippen LogP contribution < -0.4 is 5.73 Å². The van der Waals surface area contributed by atoms with Crippen LogP contribution in [0.2, 0.25) is 0 Å². The molecule has 110 valence electrons. The van der Waals surface area contributed by atoms with Gasteiger partial charge >= 0.3 is 0 Å². The molecule has 4 atom stereocenters. The molecule has 2 aromatic rings. The Morgan fingerprint density at radius 3 is 3.00 bits per heavy atom. The van der Waals surface area contributed by atoms with E-state index in [1.165, 1.54) is 17.2 Å². The summed E-state index contributed by atoms with van der Waals surface area (Å²) in [4.78, 5) is 14.6. The molecular weight excluding hydrogens is 280 g/mol. The van der Waals surface area contributed by atoms with E-state index in [1.54, 1.807) is 0 Å². The number of imidazole rings is 1. The average molecular weight is 292 g/mol. The summed E-state index contributed by atoms with van der Waals surface area (Å²) in [5, 5.41) is 23.0. The predicted molar refractivity (Wildman–Crippen MR) is 69.7 cm³/mol. The number of nitrogens with two attached hydrogens (primary N) is 1. The van der Waals surface area contributed by atoms with Gasteiger partial charge in [-0.25, -0.2) is 15.0 Å². The Morgan fingerprint density at radius 1 is 1.48 bits per heavy atom. The zero-order valence-electron chi connectivity index (χ0n) is 10.7. The van der Waals surface area contributed by atoms with Crippen molar-refractivity contribution in [3.05, 3.63) is 23.1 Å². The number of rotatable bonds is 3. The number of ether oxygens (including phenoxy) is 1. The minimum Gasteiger partial charge on any atom is -0.394 e. The van der Waals surface area contributed by atoms with Crippen molar-refractivity contribution in [1.82, 2.24) is 19.5 Å². The van der Waals surface area contributed by atoms with Gasteiger partial charge in [-0.3, -0.25) is 4.57 Å². The number of aliphatic hydroxyl groups excluding tert-OH is 2. The smallest absolute Gasteiger partial charge is 0.167 e. The van der Waals surface area contributed by atoms with Crippen molar-refractivity contribution in [3.63, 3.8) is 0 Å². The lowest BCUT2D eigenvalue weighted by atomic mass is 10.1. The molecule has 1 unspecified atom stereocenters. The second-order valence-corrected chi connectivity index (χ2v) is 4.52. The second-order valence-electron chi connectivity index (χ2n) is 4.52. The van der Waals surface area contributed by atoms with Crippen LogP contribution in [0.15, 0.2) is 17.8 Å². The maximum atomic E-state index is 10.3. The third-order valence-corrected chi connectivity index (χ3v) is 3.36.